The third-order valence-corrected chi connectivity index (χ3v) is 2.75. The number of carbonyl (C=O) groups excluding carboxylic acids is 1. The summed E-state index contributed by atoms with van der Waals surface area (Å²) in [4.78, 5) is 15.1. The highest BCUT2D eigenvalue weighted by atomic mass is 35.5. The molecule has 1 aromatic rings. The van der Waals surface area contributed by atoms with Crippen molar-refractivity contribution in [1.82, 2.24) is 10.3 Å². The Morgan fingerprint density at radius 1 is 1.50 bits per heavy atom. The molecule has 112 valence electrons. The molecule has 0 saturated carbocycles. The van der Waals surface area contributed by atoms with Crippen molar-refractivity contribution in [2.45, 2.75) is 32.4 Å². The molecule has 0 radical (unpaired) electrons. The average Bonchev–Trinajstić information content (AvgIpc) is 2.28. The molecule has 1 rings (SSSR count). The number of halogens is 3. The van der Waals surface area contributed by atoms with E-state index in [1.807, 2.05) is 0 Å². The number of alkyl carbamates (subject to hydrolysis) is 1. The van der Waals surface area contributed by atoms with E-state index in [2.05, 4.69) is 10.3 Å². The minimum Gasteiger partial charge on any atom is -0.444 e. The first-order valence-corrected chi connectivity index (χ1v) is 6.59. The van der Waals surface area contributed by atoms with Gasteiger partial charge in [0.25, 0.3) is 0 Å². The summed E-state index contributed by atoms with van der Waals surface area (Å²) < 4.78 is 18.4. The second kappa shape index (κ2) is 6.56. The fourth-order valence-corrected chi connectivity index (χ4v) is 1.80. The molecule has 0 fully saturated rings. The van der Waals surface area contributed by atoms with Crippen LogP contribution in [0.4, 0.5) is 9.18 Å². The molecule has 1 amide bonds. The first-order chi connectivity index (χ1) is 9.10. The van der Waals surface area contributed by atoms with Crippen LogP contribution in [0.3, 0.4) is 0 Å². The molecule has 5 nitrogen and oxygen atoms in total. The Morgan fingerprint density at radius 2 is 2.10 bits per heavy atom. The van der Waals surface area contributed by atoms with Crippen molar-refractivity contribution in [3.8, 4) is 0 Å². The fourth-order valence-electron chi connectivity index (χ4n) is 1.34. The van der Waals surface area contributed by atoms with Crippen molar-refractivity contribution in [3.05, 3.63) is 27.8 Å². The van der Waals surface area contributed by atoms with E-state index in [0.29, 0.717) is 0 Å². The second-order valence-corrected chi connectivity index (χ2v) is 5.85. The van der Waals surface area contributed by atoms with Crippen LogP contribution >= 0.6 is 23.2 Å². The van der Waals surface area contributed by atoms with Crippen molar-refractivity contribution < 1.29 is 13.9 Å². The molecule has 1 heterocycles. The quantitative estimate of drug-likeness (QED) is 0.838. The van der Waals surface area contributed by atoms with Gasteiger partial charge in [-0.1, -0.05) is 23.2 Å². The molecule has 0 aliphatic rings. The number of pyridine rings is 1. The lowest BCUT2D eigenvalue weighted by Gasteiger charge is -2.21. The number of nitrogens with two attached hydrogens (primary N) is 1. The largest absolute Gasteiger partial charge is 0.444 e. The number of aromatic nitrogens is 1. The van der Waals surface area contributed by atoms with Gasteiger partial charge in [-0.05, 0) is 26.8 Å². The third-order valence-electron chi connectivity index (χ3n) is 2.18. The lowest BCUT2D eigenvalue weighted by molar-refractivity contribution is 0.0524. The molecule has 0 aliphatic carbocycles. The van der Waals surface area contributed by atoms with Gasteiger partial charge < -0.3 is 15.8 Å². The van der Waals surface area contributed by atoms with Gasteiger partial charge in [-0.3, -0.25) is 0 Å². The molecule has 0 aliphatic heterocycles. The molecule has 1 atom stereocenters. The van der Waals surface area contributed by atoms with Crippen LogP contribution in [0, 0.1) is 5.82 Å². The number of hydrogen-bond acceptors (Lipinski definition) is 4. The summed E-state index contributed by atoms with van der Waals surface area (Å²) in [7, 11) is 0. The molecule has 0 spiro atoms. The van der Waals surface area contributed by atoms with Crippen LogP contribution in [0.15, 0.2) is 6.07 Å². The number of hydrogen-bond donors (Lipinski definition) is 2. The number of rotatable bonds is 3. The van der Waals surface area contributed by atoms with Crippen molar-refractivity contribution in [1.29, 1.82) is 0 Å². The highest BCUT2D eigenvalue weighted by Crippen LogP contribution is 2.24. The van der Waals surface area contributed by atoms with Crippen molar-refractivity contribution in [2.75, 3.05) is 6.54 Å². The summed E-state index contributed by atoms with van der Waals surface area (Å²) in [5.74, 6) is -0.723. The summed E-state index contributed by atoms with van der Waals surface area (Å²) in [6, 6.07) is 0.369. The van der Waals surface area contributed by atoms with Gasteiger partial charge in [-0.15, -0.1) is 0 Å². The standard InChI is InChI=1S/C12H16Cl2FN3O2/c1-12(2,3)20-11(19)17-5-8(16)6-4-7(15)10(14)18-9(6)13/h4,8H,5,16H2,1-3H3,(H,17,19). The lowest BCUT2D eigenvalue weighted by Crippen LogP contribution is -2.36. The van der Waals surface area contributed by atoms with Crippen molar-refractivity contribution in [3.63, 3.8) is 0 Å². The van der Waals surface area contributed by atoms with E-state index in [4.69, 9.17) is 33.7 Å². The highest BCUT2D eigenvalue weighted by molar-refractivity contribution is 6.33. The minimum atomic E-state index is -0.728. The molecule has 1 unspecified atom stereocenters. The number of carbonyl (C=O) groups is 1. The third kappa shape index (κ3) is 5.11. The van der Waals surface area contributed by atoms with Crippen LogP contribution < -0.4 is 11.1 Å². The number of nitrogens with zero attached hydrogens (tertiary/aromatic N) is 1. The van der Waals surface area contributed by atoms with E-state index >= 15 is 0 Å². The van der Waals surface area contributed by atoms with Gasteiger partial charge in [0.2, 0.25) is 0 Å². The Bertz CT molecular complexity index is 506. The maximum atomic E-state index is 13.3. The number of nitrogens with one attached hydrogen (secondary N) is 1. The zero-order valence-corrected chi connectivity index (χ0v) is 12.8. The topological polar surface area (TPSA) is 77.2 Å². The van der Waals surface area contributed by atoms with E-state index in [0.717, 1.165) is 6.07 Å². The molecular weight excluding hydrogens is 308 g/mol. The summed E-state index contributed by atoms with van der Waals surface area (Å²) in [5, 5.41) is 2.14. The van der Waals surface area contributed by atoms with Crippen LogP contribution in [0.25, 0.3) is 0 Å². The Balaban J connectivity index is 2.66. The summed E-state index contributed by atoms with van der Waals surface area (Å²) in [6.07, 6.45) is -0.619. The van der Waals surface area contributed by atoms with Gasteiger partial charge in [-0.2, -0.15) is 0 Å². The van der Waals surface area contributed by atoms with Crippen LogP contribution in [0.1, 0.15) is 32.4 Å². The normalized spacial score (nSPS) is 12.9. The number of amides is 1. The maximum absolute atomic E-state index is 13.3. The molecule has 0 saturated heterocycles. The van der Waals surface area contributed by atoms with E-state index in [1.54, 1.807) is 20.8 Å². The van der Waals surface area contributed by atoms with Crippen LogP contribution in [-0.2, 0) is 4.74 Å². The molecule has 20 heavy (non-hydrogen) atoms. The zero-order valence-electron chi connectivity index (χ0n) is 11.3. The smallest absolute Gasteiger partial charge is 0.407 e. The molecule has 0 bridgehead atoms. The summed E-state index contributed by atoms with van der Waals surface area (Å²) in [6.45, 7) is 5.24. The lowest BCUT2D eigenvalue weighted by atomic mass is 10.1. The van der Waals surface area contributed by atoms with Crippen LogP contribution in [-0.4, -0.2) is 23.2 Å². The van der Waals surface area contributed by atoms with Gasteiger partial charge in [-0.25, -0.2) is 14.2 Å². The monoisotopic (exact) mass is 323 g/mol. The van der Waals surface area contributed by atoms with Gasteiger partial charge in [0, 0.05) is 12.1 Å². The Labute approximate surface area is 126 Å². The maximum Gasteiger partial charge on any atom is 0.407 e. The predicted molar refractivity (Wildman–Crippen MR) is 75.4 cm³/mol. The van der Waals surface area contributed by atoms with Gasteiger partial charge in [0.15, 0.2) is 11.0 Å². The van der Waals surface area contributed by atoms with E-state index in [9.17, 15) is 9.18 Å². The fraction of sp³-hybridized carbons (Fsp3) is 0.500. The second-order valence-electron chi connectivity index (χ2n) is 5.13. The first-order valence-electron chi connectivity index (χ1n) is 5.84. The van der Waals surface area contributed by atoms with Crippen molar-refractivity contribution in [2.24, 2.45) is 5.73 Å². The van der Waals surface area contributed by atoms with E-state index in [-0.39, 0.29) is 22.4 Å². The molecule has 3 N–H and O–H groups in total. The minimum absolute atomic E-state index is 0.00473. The molecule has 8 heteroatoms. The van der Waals surface area contributed by atoms with E-state index < -0.39 is 23.6 Å². The molecule has 1 aromatic heterocycles. The van der Waals surface area contributed by atoms with Gasteiger partial charge in [0.1, 0.15) is 10.8 Å². The predicted octanol–water partition coefficient (Wildman–Crippen LogP) is 3.05. The van der Waals surface area contributed by atoms with Crippen molar-refractivity contribution >= 4 is 29.3 Å². The number of ether oxygens (including phenoxy) is 1. The zero-order chi connectivity index (χ0) is 15.5. The van der Waals surface area contributed by atoms with Crippen LogP contribution in [0.2, 0.25) is 10.3 Å². The van der Waals surface area contributed by atoms with E-state index in [1.165, 1.54) is 0 Å². The van der Waals surface area contributed by atoms with Gasteiger partial charge >= 0.3 is 6.09 Å². The molecule has 0 aromatic carbocycles. The molecular formula is C12H16Cl2FN3O2. The Morgan fingerprint density at radius 3 is 2.65 bits per heavy atom. The summed E-state index contributed by atoms with van der Waals surface area (Å²) >= 11 is 11.3. The first kappa shape index (κ1) is 16.9. The highest BCUT2D eigenvalue weighted by Gasteiger charge is 2.19. The van der Waals surface area contributed by atoms with Crippen LogP contribution in [0.5, 0.6) is 0 Å². The SMILES string of the molecule is CC(C)(C)OC(=O)NCC(N)c1cc(F)c(Cl)nc1Cl. The summed E-state index contributed by atoms with van der Waals surface area (Å²) in [5.41, 5.74) is 5.47. The van der Waals surface area contributed by atoms with Gasteiger partial charge in [0.05, 0.1) is 6.04 Å². The average molecular weight is 324 g/mol. The Kier molecular flexibility index (Phi) is 5.56. The Hall–Kier alpha value is -1.11.